The predicted molar refractivity (Wildman–Crippen MR) is 199 cm³/mol. The molecule has 0 aromatic rings. The van der Waals surface area contributed by atoms with Crippen LogP contribution >= 0.6 is 0 Å². The van der Waals surface area contributed by atoms with Gasteiger partial charge in [0.05, 0.1) is 24.3 Å². The average Bonchev–Trinajstić information content (AvgIpc) is 3.13. The zero-order valence-electron chi connectivity index (χ0n) is 32.4. The fourth-order valence-electron chi connectivity index (χ4n) is 6.19. The summed E-state index contributed by atoms with van der Waals surface area (Å²) in [6, 6.07) is -3.46. The van der Waals surface area contributed by atoms with Crippen LogP contribution in [0.15, 0.2) is 11.3 Å². The molecule has 0 radical (unpaired) electrons. The smallest absolute Gasteiger partial charge is 0.330 e. The Morgan fingerprint density at radius 2 is 1.60 bits per heavy atom. The van der Waals surface area contributed by atoms with Crippen LogP contribution in [0.1, 0.15) is 105 Å². The Balaban J connectivity index is 3.05. The maximum Gasteiger partial charge on any atom is 0.330 e. The van der Waals surface area contributed by atoms with Crippen LogP contribution in [0.25, 0.3) is 0 Å². The van der Waals surface area contributed by atoms with Crippen LogP contribution in [0.2, 0.25) is 0 Å². The molecule has 1 aliphatic carbocycles. The lowest BCUT2D eigenvalue weighted by molar-refractivity contribution is -0.141. The number of rotatable bonds is 26. The van der Waals surface area contributed by atoms with E-state index >= 15 is 0 Å². The molecule has 298 valence electrons. The van der Waals surface area contributed by atoms with Crippen LogP contribution in [0.4, 0.5) is 0 Å². The Bertz CT molecular complexity index is 1160. The number of unbranched alkanes of at least 4 members (excludes halogenated alkanes) is 3. The molecule has 0 saturated heterocycles. The molecule has 0 aromatic carbocycles. The topological polar surface area (TPSA) is 224 Å². The van der Waals surface area contributed by atoms with E-state index in [0.29, 0.717) is 32.2 Å². The maximum absolute atomic E-state index is 13.4. The Hall–Kier alpha value is -3.40. The standard InChI is InChI=1S/C37H67N7O8/c1-7-8-9-13-17-31(26(4)37(50)44(6)28(23-45)20-25(2)3)52-32(46)22-41-34(47)30(24-51-19-14-18-38)43-35(48)29(21-39)42-36(49)33(40-5)27-15-11-10-12-16-27/h23,25,27-30,33,40H,7-22,24,38-39H2,1-6H3,(H,41,47)(H,42,49)(H,43,48)/b31-26-. The zero-order chi connectivity index (χ0) is 39.1. The van der Waals surface area contributed by atoms with Gasteiger partial charge in [0.25, 0.3) is 5.91 Å². The van der Waals surface area contributed by atoms with Gasteiger partial charge in [0.2, 0.25) is 17.7 Å². The Labute approximate surface area is 310 Å². The molecule has 4 amide bonds. The number of nitrogens with two attached hydrogens (primary N) is 2. The van der Waals surface area contributed by atoms with Gasteiger partial charge in [-0.15, -0.1) is 0 Å². The number of likely N-dealkylation sites (N-methyl/N-ethyl adjacent to an activating group) is 2. The largest absolute Gasteiger partial charge is 0.429 e. The summed E-state index contributed by atoms with van der Waals surface area (Å²) in [4.78, 5) is 79.4. The molecule has 52 heavy (non-hydrogen) atoms. The van der Waals surface area contributed by atoms with Crippen LogP contribution < -0.4 is 32.7 Å². The van der Waals surface area contributed by atoms with Gasteiger partial charge in [-0.25, -0.2) is 4.79 Å². The number of allylic oxidation sites excluding steroid dienone is 1. The Kier molecular flexibility index (Phi) is 23.6. The highest BCUT2D eigenvalue weighted by Crippen LogP contribution is 2.26. The number of esters is 1. The second-order valence-corrected chi connectivity index (χ2v) is 14.0. The highest BCUT2D eigenvalue weighted by atomic mass is 16.5. The van der Waals surface area contributed by atoms with Crippen molar-refractivity contribution in [2.24, 2.45) is 23.3 Å². The SMILES string of the molecule is CCCCCC/C(OC(=O)CNC(=O)C(COCCCN)NC(=O)C(CN)NC(=O)C(NC)C1CCCCC1)=C(\C)C(=O)N(C)C(C=O)CC(C)C. The summed E-state index contributed by atoms with van der Waals surface area (Å²) in [7, 11) is 3.25. The fourth-order valence-corrected chi connectivity index (χ4v) is 6.19. The first kappa shape index (κ1) is 46.6. The summed E-state index contributed by atoms with van der Waals surface area (Å²) >= 11 is 0. The molecule has 15 nitrogen and oxygen atoms in total. The van der Waals surface area contributed by atoms with Gasteiger partial charge in [0, 0.05) is 26.6 Å². The van der Waals surface area contributed by atoms with Crippen molar-refractivity contribution in [1.82, 2.24) is 26.2 Å². The predicted octanol–water partition coefficient (Wildman–Crippen LogP) is 1.42. The summed E-state index contributed by atoms with van der Waals surface area (Å²) in [5.74, 6) is -2.50. The minimum atomic E-state index is -1.23. The van der Waals surface area contributed by atoms with Gasteiger partial charge in [-0.2, -0.15) is 0 Å². The molecule has 0 spiro atoms. The first-order valence-electron chi connectivity index (χ1n) is 19.0. The number of amides is 4. The lowest BCUT2D eigenvalue weighted by Gasteiger charge is -2.30. The van der Waals surface area contributed by atoms with Gasteiger partial charge < -0.3 is 51.9 Å². The molecule has 4 atom stereocenters. The van der Waals surface area contributed by atoms with Crippen molar-refractivity contribution < 1.29 is 38.2 Å². The second-order valence-electron chi connectivity index (χ2n) is 14.0. The minimum absolute atomic E-state index is 0.141. The highest BCUT2D eigenvalue weighted by Gasteiger charge is 2.32. The van der Waals surface area contributed by atoms with Crippen molar-refractivity contribution >= 4 is 35.9 Å². The van der Waals surface area contributed by atoms with Crippen molar-refractivity contribution in [3.8, 4) is 0 Å². The molecule has 0 aliphatic heterocycles. The van der Waals surface area contributed by atoms with Crippen LogP contribution in [-0.4, -0.2) is 112 Å². The summed E-state index contributed by atoms with van der Waals surface area (Å²) in [5, 5.41) is 10.9. The molecule has 1 rings (SSSR count). The van der Waals surface area contributed by atoms with E-state index in [1.165, 1.54) is 4.90 Å². The van der Waals surface area contributed by atoms with E-state index in [1.807, 2.05) is 13.8 Å². The zero-order valence-corrected chi connectivity index (χ0v) is 32.4. The third-order valence-corrected chi connectivity index (χ3v) is 9.32. The van der Waals surface area contributed by atoms with E-state index in [9.17, 15) is 28.8 Å². The fraction of sp³-hybridized carbons (Fsp3) is 0.784. The van der Waals surface area contributed by atoms with Crippen LogP contribution in [0, 0.1) is 11.8 Å². The number of nitrogens with zero attached hydrogens (tertiary/aromatic N) is 1. The first-order chi connectivity index (χ1) is 24.8. The second kappa shape index (κ2) is 26.4. The van der Waals surface area contributed by atoms with Crippen molar-refractivity contribution in [2.45, 2.75) is 129 Å². The summed E-state index contributed by atoms with van der Waals surface area (Å²) in [6.07, 6.45) is 10.6. The number of aldehydes is 1. The lowest BCUT2D eigenvalue weighted by atomic mass is 9.83. The van der Waals surface area contributed by atoms with E-state index in [4.69, 9.17) is 20.9 Å². The molecular weight excluding hydrogens is 670 g/mol. The quantitative estimate of drug-likeness (QED) is 0.0245. The molecule has 15 heteroatoms. The van der Waals surface area contributed by atoms with Crippen molar-refractivity contribution in [1.29, 1.82) is 0 Å². The molecule has 1 fully saturated rings. The molecule has 0 heterocycles. The van der Waals surface area contributed by atoms with Crippen LogP contribution in [0.5, 0.6) is 0 Å². The number of hydrogen-bond acceptors (Lipinski definition) is 11. The van der Waals surface area contributed by atoms with Gasteiger partial charge in [-0.05, 0) is 64.5 Å². The highest BCUT2D eigenvalue weighted by molar-refractivity contribution is 5.96. The lowest BCUT2D eigenvalue weighted by Crippen LogP contribution is -2.60. The summed E-state index contributed by atoms with van der Waals surface area (Å²) in [6.45, 7) is 7.15. The van der Waals surface area contributed by atoms with Crippen molar-refractivity contribution in [2.75, 3.05) is 46.9 Å². The van der Waals surface area contributed by atoms with E-state index in [0.717, 1.165) is 57.7 Å². The van der Waals surface area contributed by atoms with Crippen LogP contribution in [0.3, 0.4) is 0 Å². The molecular formula is C37H67N7O8. The van der Waals surface area contributed by atoms with Crippen molar-refractivity contribution in [3.05, 3.63) is 11.3 Å². The van der Waals surface area contributed by atoms with E-state index in [2.05, 4.69) is 28.2 Å². The Morgan fingerprint density at radius 3 is 2.17 bits per heavy atom. The molecule has 1 saturated carbocycles. The molecule has 8 N–H and O–H groups in total. The number of nitrogens with one attached hydrogen (secondary N) is 4. The van der Waals surface area contributed by atoms with E-state index in [-0.39, 0.29) is 48.8 Å². The summed E-state index contributed by atoms with van der Waals surface area (Å²) in [5.41, 5.74) is 11.6. The molecule has 0 bridgehead atoms. The van der Waals surface area contributed by atoms with Gasteiger partial charge in [0.1, 0.15) is 30.7 Å². The normalized spacial score (nSPS) is 16.2. The third-order valence-electron chi connectivity index (χ3n) is 9.32. The molecule has 1 aliphatic rings. The maximum atomic E-state index is 13.4. The molecule has 0 aromatic heterocycles. The van der Waals surface area contributed by atoms with Crippen molar-refractivity contribution in [3.63, 3.8) is 0 Å². The monoisotopic (exact) mass is 738 g/mol. The number of ether oxygens (including phenoxy) is 2. The minimum Gasteiger partial charge on any atom is -0.429 e. The van der Waals surface area contributed by atoms with Gasteiger partial charge >= 0.3 is 5.97 Å². The number of carbonyl (C=O) groups is 6. The van der Waals surface area contributed by atoms with Gasteiger partial charge in [-0.3, -0.25) is 19.2 Å². The van der Waals surface area contributed by atoms with Gasteiger partial charge in [0.15, 0.2) is 0 Å². The van der Waals surface area contributed by atoms with E-state index < -0.39 is 54.4 Å². The van der Waals surface area contributed by atoms with Crippen LogP contribution in [-0.2, 0) is 38.2 Å². The summed E-state index contributed by atoms with van der Waals surface area (Å²) < 4.78 is 11.2. The van der Waals surface area contributed by atoms with E-state index in [1.54, 1.807) is 21.0 Å². The first-order valence-corrected chi connectivity index (χ1v) is 19.0. The Morgan fingerprint density at radius 1 is 0.923 bits per heavy atom. The van der Waals surface area contributed by atoms with Gasteiger partial charge in [-0.1, -0.05) is 59.3 Å². The number of hydrogen-bond donors (Lipinski definition) is 6. The number of carbonyl (C=O) groups excluding carboxylic acids is 6. The molecule has 4 unspecified atom stereocenters. The average molecular weight is 738 g/mol. The third kappa shape index (κ3) is 17.0.